The van der Waals surface area contributed by atoms with Gasteiger partial charge in [-0.15, -0.1) is 0 Å². The maximum atomic E-state index is 4.64. The van der Waals surface area contributed by atoms with E-state index < -0.39 is 0 Å². The van der Waals surface area contributed by atoms with Crippen LogP contribution in [0.4, 0.5) is 17.8 Å². The van der Waals surface area contributed by atoms with Crippen LogP contribution in [0.15, 0.2) is 0 Å². The Kier molecular flexibility index (Phi) is 5.00. The molecule has 21 heavy (non-hydrogen) atoms. The average Bonchev–Trinajstić information content (AvgIpc) is 3.03. The van der Waals surface area contributed by atoms with Gasteiger partial charge in [0.25, 0.3) is 0 Å². The van der Waals surface area contributed by atoms with E-state index >= 15 is 0 Å². The number of anilines is 3. The van der Waals surface area contributed by atoms with Gasteiger partial charge in [0.1, 0.15) is 0 Å². The van der Waals surface area contributed by atoms with Crippen molar-refractivity contribution in [3.63, 3.8) is 0 Å². The third-order valence-electron chi connectivity index (χ3n) is 3.84. The zero-order chi connectivity index (χ0) is 14.5. The second-order valence-electron chi connectivity index (χ2n) is 5.57. The van der Waals surface area contributed by atoms with E-state index in [9.17, 15) is 0 Å². The van der Waals surface area contributed by atoms with E-state index in [0.29, 0.717) is 12.0 Å². The van der Waals surface area contributed by atoms with Crippen LogP contribution >= 0.6 is 11.8 Å². The van der Waals surface area contributed by atoms with Crippen molar-refractivity contribution >= 4 is 29.6 Å². The quantitative estimate of drug-likeness (QED) is 0.864. The molecular weight excluding hydrogens is 284 g/mol. The van der Waals surface area contributed by atoms with Crippen LogP contribution in [0.3, 0.4) is 0 Å². The van der Waals surface area contributed by atoms with E-state index in [4.69, 9.17) is 0 Å². The Morgan fingerprint density at radius 2 is 1.95 bits per heavy atom. The minimum Gasteiger partial charge on any atom is -0.354 e. The zero-order valence-corrected chi connectivity index (χ0v) is 13.5. The van der Waals surface area contributed by atoms with Gasteiger partial charge in [0.2, 0.25) is 17.8 Å². The molecule has 7 heteroatoms. The second-order valence-corrected chi connectivity index (χ2v) is 6.72. The fourth-order valence-electron chi connectivity index (χ4n) is 2.76. The molecule has 1 aromatic heterocycles. The molecular formula is C14H24N6S. The predicted molar refractivity (Wildman–Crippen MR) is 89.4 cm³/mol. The highest BCUT2D eigenvalue weighted by atomic mass is 32.2. The van der Waals surface area contributed by atoms with Crippen molar-refractivity contribution in [3.8, 4) is 0 Å². The number of hydrogen-bond acceptors (Lipinski definition) is 7. The Bertz CT molecular complexity index is 457. The average molecular weight is 308 g/mol. The summed E-state index contributed by atoms with van der Waals surface area (Å²) in [4.78, 5) is 15.9. The zero-order valence-electron chi connectivity index (χ0n) is 12.6. The molecule has 1 unspecified atom stereocenters. The summed E-state index contributed by atoms with van der Waals surface area (Å²) in [6.45, 7) is 4.98. The molecule has 0 aromatic carbocycles. The third kappa shape index (κ3) is 3.90. The van der Waals surface area contributed by atoms with Crippen LogP contribution in [-0.2, 0) is 0 Å². The van der Waals surface area contributed by atoms with Gasteiger partial charge in [-0.2, -0.15) is 26.7 Å². The van der Waals surface area contributed by atoms with Crippen molar-refractivity contribution in [3.05, 3.63) is 0 Å². The largest absolute Gasteiger partial charge is 0.354 e. The molecule has 1 aromatic rings. The Morgan fingerprint density at radius 1 is 1.14 bits per heavy atom. The van der Waals surface area contributed by atoms with Crippen LogP contribution in [0, 0.1) is 0 Å². The van der Waals surface area contributed by atoms with Crippen molar-refractivity contribution in [2.24, 2.45) is 0 Å². The minimum atomic E-state index is 0.479. The number of nitrogens with one attached hydrogen (secondary N) is 2. The van der Waals surface area contributed by atoms with Crippen molar-refractivity contribution in [2.75, 3.05) is 46.7 Å². The summed E-state index contributed by atoms with van der Waals surface area (Å²) in [7, 11) is 0. The Balaban J connectivity index is 1.76. The number of rotatable bonds is 5. The van der Waals surface area contributed by atoms with Crippen molar-refractivity contribution in [1.29, 1.82) is 0 Å². The fraction of sp³-hybridized carbons (Fsp3) is 0.786. The van der Waals surface area contributed by atoms with Gasteiger partial charge in [0.15, 0.2) is 0 Å². The topological polar surface area (TPSA) is 66.0 Å². The van der Waals surface area contributed by atoms with Crippen LogP contribution in [0.5, 0.6) is 0 Å². The molecule has 3 heterocycles. The summed E-state index contributed by atoms with van der Waals surface area (Å²) in [6, 6.07) is 0.479. The Labute approximate surface area is 130 Å². The van der Waals surface area contributed by atoms with Crippen molar-refractivity contribution < 1.29 is 0 Å². The highest BCUT2D eigenvalue weighted by molar-refractivity contribution is 7.99. The highest BCUT2D eigenvalue weighted by Crippen LogP contribution is 2.22. The standard InChI is InChI=1S/C14H24N6S/c1-2-15-12-17-13(16-11-6-5-9-21-10-11)19-14(18-12)20-7-3-4-8-20/h11H,2-10H2,1H3,(H2,15,16,17,18,19). The van der Waals surface area contributed by atoms with Gasteiger partial charge in [0, 0.05) is 31.4 Å². The van der Waals surface area contributed by atoms with Crippen LogP contribution in [0.25, 0.3) is 0 Å². The lowest BCUT2D eigenvalue weighted by molar-refractivity contribution is 0.677. The maximum Gasteiger partial charge on any atom is 0.231 e. The van der Waals surface area contributed by atoms with Crippen LogP contribution in [-0.4, -0.2) is 52.1 Å². The lowest BCUT2D eigenvalue weighted by atomic mass is 10.2. The molecule has 0 amide bonds. The molecule has 0 aliphatic carbocycles. The Hall–Kier alpha value is -1.24. The van der Waals surface area contributed by atoms with E-state index in [0.717, 1.165) is 37.3 Å². The molecule has 0 spiro atoms. The molecule has 2 N–H and O–H groups in total. The van der Waals surface area contributed by atoms with Gasteiger partial charge >= 0.3 is 0 Å². The summed E-state index contributed by atoms with van der Waals surface area (Å²) in [5.74, 6) is 4.62. The molecule has 1 atom stereocenters. The second kappa shape index (κ2) is 7.15. The predicted octanol–water partition coefficient (Wildman–Crippen LogP) is 2.21. The Morgan fingerprint density at radius 3 is 2.67 bits per heavy atom. The number of thioether (sulfide) groups is 1. The number of hydrogen-bond donors (Lipinski definition) is 2. The van der Waals surface area contributed by atoms with Gasteiger partial charge in [-0.3, -0.25) is 0 Å². The summed E-state index contributed by atoms with van der Waals surface area (Å²) >= 11 is 2.01. The van der Waals surface area contributed by atoms with E-state index in [2.05, 4.69) is 37.4 Å². The van der Waals surface area contributed by atoms with Crippen LogP contribution < -0.4 is 15.5 Å². The molecule has 0 saturated carbocycles. The molecule has 116 valence electrons. The van der Waals surface area contributed by atoms with Gasteiger partial charge in [-0.05, 0) is 38.4 Å². The van der Waals surface area contributed by atoms with Crippen molar-refractivity contribution in [2.45, 2.75) is 38.6 Å². The highest BCUT2D eigenvalue weighted by Gasteiger charge is 2.19. The molecule has 2 saturated heterocycles. The summed E-state index contributed by atoms with van der Waals surface area (Å²) in [5.41, 5.74) is 0. The lowest BCUT2D eigenvalue weighted by Gasteiger charge is -2.23. The van der Waals surface area contributed by atoms with Crippen LogP contribution in [0.2, 0.25) is 0 Å². The number of aromatic nitrogens is 3. The smallest absolute Gasteiger partial charge is 0.231 e. The fourth-order valence-corrected chi connectivity index (χ4v) is 3.83. The van der Waals surface area contributed by atoms with Crippen LogP contribution in [0.1, 0.15) is 32.6 Å². The van der Waals surface area contributed by atoms with Gasteiger partial charge in [-0.1, -0.05) is 0 Å². The van der Waals surface area contributed by atoms with Gasteiger partial charge in [-0.25, -0.2) is 0 Å². The van der Waals surface area contributed by atoms with Crippen molar-refractivity contribution in [1.82, 2.24) is 15.0 Å². The monoisotopic (exact) mass is 308 g/mol. The molecule has 2 aliphatic heterocycles. The molecule has 6 nitrogen and oxygen atoms in total. The first-order valence-corrected chi connectivity index (χ1v) is 9.10. The minimum absolute atomic E-state index is 0.479. The van der Waals surface area contributed by atoms with E-state index in [1.807, 2.05) is 11.8 Å². The SMILES string of the molecule is CCNc1nc(NC2CCCSC2)nc(N2CCCC2)n1. The lowest BCUT2D eigenvalue weighted by Crippen LogP contribution is -2.28. The summed E-state index contributed by atoms with van der Waals surface area (Å²) in [5, 5.41) is 6.71. The summed E-state index contributed by atoms with van der Waals surface area (Å²) < 4.78 is 0. The van der Waals surface area contributed by atoms with E-state index in [1.54, 1.807) is 0 Å². The molecule has 2 aliphatic rings. The first kappa shape index (κ1) is 14.7. The molecule has 0 bridgehead atoms. The third-order valence-corrected chi connectivity index (χ3v) is 5.06. The van der Waals surface area contributed by atoms with E-state index in [-0.39, 0.29) is 0 Å². The first-order valence-electron chi connectivity index (χ1n) is 7.94. The first-order chi connectivity index (χ1) is 10.3. The maximum absolute atomic E-state index is 4.64. The van der Waals surface area contributed by atoms with Gasteiger partial charge < -0.3 is 15.5 Å². The van der Waals surface area contributed by atoms with Gasteiger partial charge in [0.05, 0.1) is 0 Å². The van der Waals surface area contributed by atoms with E-state index in [1.165, 1.54) is 31.4 Å². The normalized spacial score (nSPS) is 22.3. The molecule has 0 radical (unpaired) electrons. The number of nitrogens with zero attached hydrogens (tertiary/aromatic N) is 4. The molecule has 3 rings (SSSR count). The molecule has 2 fully saturated rings. The summed E-state index contributed by atoms with van der Waals surface area (Å²) in [6.07, 6.45) is 4.93.